The van der Waals surface area contributed by atoms with E-state index in [4.69, 9.17) is 17.3 Å². The molecule has 2 rings (SSSR count). The van der Waals surface area contributed by atoms with E-state index >= 15 is 0 Å². The zero-order chi connectivity index (χ0) is 13.8. The Morgan fingerprint density at radius 3 is 2.95 bits per heavy atom. The number of amides is 1. The van der Waals surface area contributed by atoms with Crippen molar-refractivity contribution < 1.29 is 4.79 Å². The number of anilines is 1. The van der Waals surface area contributed by atoms with E-state index in [-0.39, 0.29) is 16.7 Å². The molecule has 0 saturated carbocycles. The zero-order valence-electron chi connectivity index (χ0n) is 10.3. The molecule has 0 aliphatic heterocycles. The van der Waals surface area contributed by atoms with Crippen LogP contribution in [0.15, 0.2) is 18.5 Å². The summed E-state index contributed by atoms with van der Waals surface area (Å²) < 4.78 is 0. The van der Waals surface area contributed by atoms with Gasteiger partial charge < -0.3 is 11.1 Å². The highest BCUT2D eigenvalue weighted by Gasteiger charge is 2.12. The van der Waals surface area contributed by atoms with Gasteiger partial charge >= 0.3 is 0 Å². The largest absolute Gasteiger partial charge is 0.384 e. The summed E-state index contributed by atoms with van der Waals surface area (Å²) in [7, 11) is 0. The lowest BCUT2D eigenvalue weighted by atomic mass is 10.2. The first kappa shape index (κ1) is 13.8. The monoisotopic (exact) mass is 296 g/mol. The van der Waals surface area contributed by atoms with E-state index in [0.29, 0.717) is 12.1 Å². The van der Waals surface area contributed by atoms with E-state index in [1.54, 1.807) is 11.3 Å². The first-order chi connectivity index (χ1) is 9.10. The number of nitrogens with zero attached hydrogens (tertiary/aromatic N) is 2. The Kier molecular flexibility index (Phi) is 4.34. The molecule has 2 heterocycles. The van der Waals surface area contributed by atoms with Crippen molar-refractivity contribution in [2.24, 2.45) is 0 Å². The van der Waals surface area contributed by atoms with Crippen LogP contribution in [0.25, 0.3) is 0 Å². The summed E-state index contributed by atoms with van der Waals surface area (Å²) in [5.41, 5.74) is 5.85. The molecule has 0 radical (unpaired) electrons. The van der Waals surface area contributed by atoms with E-state index in [0.717, 1.165) is 11.4 Å². The van der Waals surface area contributed by atoms with Gasteiger partial charge in [-0.3, -0.25) is 4.79 Å². The lowest BCUT2D eigenvalue weighted by molar-refractivity contribution is 0.0951. The standard InChI is InChI=1S/C12H13ClN4OS/c1-2-7-4-16-11(19-7)6-17-12(18)8-3-10(14)15-5-9(8)13/h3-5H,2,6H2,1H3,(H2,14,15)(H,17,18). The predicted molar refractivity (Wildman–Crippen MR) is 76.3 cm³/mol. The van der Waals surface area contributed by atoms with Gasteiger partial charge in [-0.1, -0.05) is 18.5 Å². The second-order valence-electron chi connectivity index (χ2n) is 3.85. The Hall–Kier alpha value is -1.66. The van der Waals surface area contributed by atoms with Crippen molar-refractivity contribution >= 4 is 34.7 Å². The Bertz CT molecular complexity index is 599. The molecule has 0 aromatic carbocycles. The highest BCUT2D eigenvalue weighted by Crippen LogP contribution is 2.17. The molecule has 100 valence electrons. The summed E-state index contributed by atoms with van der Waals surface area (Å²) in [6.07, 6.45) is 4.13. The van der Waals surface area contributed by atoms with E-state index in [9.17, 15) is 4.79 Å². The number of carbonyl (C=O) groups excluding carboxylic acids is 1. The summed E-state index contributed by atoms with van der Waals surface area (Å²) in [4.78, 5) is 21.2. The minimum Gasteiger partial charge on any atom is -0.384 e. The molecule has 19 heavy (non-hydrogen) atoms. The molecule has 0 bridgehead atoms. The van der Waals surface area contributed by atoms with Crippen molar-refractivity contribution in [3.8, 4) is 0 Å². The van der Waals surface area contributed by atoms with Crippen LogP contribution < -0.4 is 11.1 Å². The van der Waals surface area contributed by atoms with Gasteiger partial charge in [-0.25, -0.2) is 9.97 Å². The van der Waals surface area contributed by atoms with Crippen molar-refractivity contribution in [1.82, 2.24) is 15.3 Å². The smallest absolute Gasteiger partial charge is 0.253 e. The molecular weight excluding hydrogens is 284 g/mol. The number of thiazole rings is 1. The fourth-order valence-corrected chi connectivity index (χ4v) is 2.46. The maximum Gasteiger partial charge on any atom is 0.253 e. The van der Waals surface area contributed by atoms with Gasteiger partial charge in [0, 0.05) is 17.3 Å². The molecule has 5 nitrogen and oxygen atoms in total. The summed E-state index contributed by atoms with van der Waals surface area (Å²) in [5.74, 6) is -0.0237. The molecule has 0 aliphatic carbocycles. The summed E-state index contributed by atoms with van der Waals surface area (Å²) in [6.45, 7) is 2.44. The third-order valence-corrected chi connectivity index (χ3v) is 3.91. The van der Waals surface area contributed by atoms with Crippen LogP contribution in [0.2, 0.25) is 5.02 Å². The summed E-state index contributed by atoms with van der Waals surface area (Å²) in [5, 5.41) is 3.90. The van der Waals surface area contributed by atoms with Crippen molar-refractivity contribution in [2.75, 3.05) is 5.73 Å². The van der Waals surface area contributed by atoms with Crippen molar-refractivity contribution in [2.45, 2.75) is 19.9 Å². The average molecular weight is 297 g/mol. The van der Waals surface area contributed by atoms with Crippen molar-refractivity contribution in [3.05, 3.63) is 38.9 Å². The van der Waals surface area contributed by atoms with Gasteiger partial charge in [0.1, 0.15) is 10.8 Å². The second-order valence-corrected chi connectivity index (χ2v) is 5.45. The summed E-state index contributed by atoms with van der Waals surface area (Å²) in [6, 6.07) is 1.46. The van der Waals surface area contributed by atoms with Crippen LogP contribution in [0.4, 0.5) is 5.82 Å². The number of aromatic nitrogens is 2. The Morgan fingerprint density at radius 1 is 1.47 bits per heavy atom. The minimum atomic E-state index is -0.285. The number of nitrogen functional groups attached to an aromatic ring is 1. The van der Waals surface area contributed by atoms with Gasteiger partial charge in [-0.05, 0) is 12.5 Å². The van der Waals surface area contributed by atoms with Crippen molar-refractivity contribution in [1.29, 1.82) is 0 Å². The van der Waals surface area contributed by atoms with Crippen LogP contribution in [0.5, 0.6) is 0 Å². The molecule has 2 aromatic rings. The lowest BCUT2D eigenvalue weighted by Gasteiger charge is -2.05. The number of rotatable bonds is 4. The first-order valence-electron chi connectivity index (χ1n) is 5.73. The van der Waals surface area contributed by atoms with E-state index in [1.807, 2.05) is 6.20 Å². The van der Waals surface area contributed by atoms with Crippen molar-refractivity contribution in [3.63, 3.8) is 0 Å². The number of carbonyl (C=O) groups is 1. The molecule has 0 atom stereocenters. The lowest BCUT2D eigenvalue weighted by Crippen LogP contribution is -2.23. The van der Waals surface area contributed by atoms with Gasteiger partial charge in [0.15, 0.2) is 0 Å². The topological polar surface area (TPSA) is 80.9 Å². The number of nitrogens with one attached hydrogen (secondary N) is 1. The first-order valence-corrected chi connectivity index (χ1v) is 6.92. The van der Waals surface area contributed by atoms with E-state index in [2.05, 4.69) is 22.2 Å². The molecule has 0 spiro atoms. The van der Waals surface area contributed by atoms with Crippen LogP contribution in [-0.2, 0) is 13.0 Å². The second kappa shape index (κ2) is 5.99. The molecule has 0 saturated heterocycles. The van der Waals surface area contributed by atoms with Crippen LogP contribution in [0.3, 0.4) is 0 Å². The van der Waals surface area contributed by atoms with E-state index in [1.165, 1.54) is 17.1 Å². The third kappa shape index (κ3) is 3.42. The molecule has 1 amide bonds. The molecule has 2 aromatic heterocycles. The maximum absolute atomic E-state index is 12.0. The quantitative estimate of drug-likeness (QED) is 0.907. The number of nitrogens with two attached hydrogens (primary N) is 1. The highest BCUT2D eigenvalue weighted by atomic mass is 35.5. The molecule has 0 aliphatic rings. The van der Waals surface area contributed by atoms with Gasteiger partial charge in [0.2, 0.25) is 0 Å². The van der Waals surface area contributed by atoms with Gasteiger partial charge in [0.05, 0.1) is 17.1 Å². The van der Waals surface area contributed by atoms with Crippen LogP contribution >= 0.6 is 22.9 Å². The fourth-order valence-electron chi connectivity index (χ4n) is 1.47. The molecule has 0 fully saturated rings. The van der Waals surface area contributed by atoms with Gasteiger partial charge in [-0.15, -0.1) is 11.3 Å². The zero-order valence-corrected chi connectivity index (χ0v) is 11.9. The minimum absolute atomic E-state index is 0.261. The van der Waals surface area contributed by atoms with Crippen LogP contribution in [0.1, 0.15) is 27.2 Å². The number of halogens is 1. The molecule has 0 unspecified atom stereocenters. The number of pyridine rings is 1. The van der Waals surface area contributed by atoms with Gasteiger partial charge in [-0.2, -0.15) is 0 Å². The molecular formula is C12H13ClN4OS. The van der Waals surface area contributed by atoms with Crippen LogP contribution in [-0.4, -0.2) is 15.9 Å². The normalized spacial score (nSPS) is 10.4. The molecule has 3 N–H and O–H groups in total. The number of hydrogen-bond donors (Lipinski definition) is 2. The maximum atomic E-state index is 12.0. The predicted octanol–water partition coefficient (Wildman–Crippen LogP) is 2.27. The number of aryl methyl sites for hydroxylation is 1. The summed E-state index contributed by atoms with van der Waals surface area (Å²) >= 11 is 7.49. The van der Waals surface area contributed by atoms with Crippen LogP contribution in [0, 0.1) is 0 Å². The Labute approximate surface area is 119 Å². The average Bonchev–Trinajstić information content (AvgIpc) is 2.87. The highest BCUT2D eigenvalue weighted by molar-refractivity contribution is 7.11. The number of hydrogen-bond acceptors (Lipinski definition) is 5. The SMILES string of the molecule is CCc1cnc(CNC(=O)c2cc(N)ncc2Cl)s1. The van der Waals surface area contributed by atoms with Gasteiger partial charge in [0.25, 0.3) is 5.91 Å². The molecule has 7 heteroatoms. The Morgan fingerprint density at radius 2 is 2.26 bits per heavy atom. The Balaban J connectivity index is 2.03. The fraction of sp³-hybridized carbons (Fsp3) is 0.250. The third-order valence-electron chi connectivity index (χ3n) is 2.47. The van der Waals surface area contributed by atoms with E-state index < -0.39 is 0 Å².